The average molecular weight is 407 g/mol. The van der Waals surface area contributed by atoms with Gasteiger partial charge in [0, 0.05) is 30.2 Å². The quantitative estimate of drug-likeness (QED) is 0.473. The van der Waals surface area contributed by atoms with Crippen LogP contribution in [0.1, 0.15) is 36.7 Å². The van der Waals surface area contributed by atoms with Gasteiger partial charge in [-0.15, -0.1) is 0 Å². The van der Waals surface area contributed by atoms with E-state index in [9.17, 15) is 5.11 Å². The van der Waals surface area contributed by atoms with Crippen LogP contribution in [0.4, 0.5) is 5.95 Å². The van der Waals surface area contributed by atoms with Crippen molar-refractivity contribution in [2.45, 2.75) is 44.2 Å². The zero-order valence-electron chi connectivity index (χ0n) is 19.5. The summed E-state index contributed by atoms with van der Waals surface area (Å²) in [6.45, 7) is 1.84. The number of aromatic amines is 1. The van der Waals surface area contributed by atoms with E-state index >= 15 is 0 Å². The van der Waals surface area contributed by atoms with Gasteiger partial charge in [-0.05, 0) is 50.3 Å². The van der Waals surface area contributed by atoms with Crippen molar-refractivity contribution in [3.8, 4) is 17.0 Å². The summed E-state index contributed by atoms with van der Waals surface area (Å²) in [6, 6.07) is 5.70. The normalized spacial score (nSPS) is 23.7. The van der Waals surface area contributed by atoms with Crippen molar-refractivity contribution >= 4 is 28.0 Å². The van der Waals surface area contributed by atoms with Gasteiger partial charge in [0.25, 0.3) is 0 Å². The van der Waals surface area contributed by atoms with Crippen molar-refractivity contribution in [1.82, 2.24) is 24.9 Å². The van der Waals surface area contributed by atoms with Gasteiger partial charge in [-0.25, -0.2) is 0 Å². The molecule has 1 saturated carbocycles. The van der Waals surface area contributed by atoms with Gasteiger partial charge in [0.1, 0.15) is 5.65 Å². The van der Waals surface area contributed by atoms with E-state index in [1.807, 2.05) is 25.1 Å². The number of methoxy groups -OCH3 is 1. The van der Waals surface area contributed by atoms with Gasteiger partial charge in [-0.2, -0.15) is 9.97 Å². The molecule has 0 saturated heterocycles. The summed E-state index contributed by atoms with van der Waals surface area (Å²) < 4.78 is 28.2. The number of rotatable bonds is 4. The van der Waals surface area contributed by atoms with Crippen molar-refractivity contribution in [3.63, 3.8) is 0 Å². The molecule has 154 valence electrons. The van der Waals surface area contributed by atoms with Gasteiger partial charge in [0.2, 0.25) is 11.8 Å². The van der Waals surface area contributed by atoms with Crippen molar-refractivity contribution in [2.24, 2.45) is 0 Å². The summed E-state index contributed by atoms with van der Waals surface area (Å²) in [7, 11) is -2.68. The Morgan fingerprint density at radius 2 is 2.00 bits per heavy atom. The molecule has 0 spiro atoms. The fourth-order valence-corrected chi connectivity index (χ4v) is 4.06. The lowest BCUT2D eigenvalue weighted by Gasteiger charge is -2.33. The predicted octanol–water partition coefficient (Wildman–Crippen LogP) is 3.68. The molecule has 8 nitrogen and oxygen atoms in total. The lowest BCUT2D eigenvalue weighted by molar-refractivity contribution is 0.0195. The zero-order valence-corrected chi connectivity index (χ0v) is 16.5. The van der Waals surface area contributed by atoms with Gasteiger partial charge in [0.05, 0.1) is 33.2 Å². The molecule has 0 unspecified atom stereocenters. The van der Waals surface area contributed by atoms with E-state index < -0.39 is 12.6 Å². The molecule has 1 aliphatic rings. The van der Waals surface area contributed by atoms with Crippen LogP contribution in [-0.2, 0) is 0 Å². The molecule has 4 aromatic rings. The Kier molecular flexibility index (Phi) is 3.74. The third-order valence-electron chi connectivity index (χ3n) is 5.77. The Hall–Kier alpha value is -3.26. The monoisotopic (exact) mass is 407 g/mol. The predicted molar refractivity (Wildman–Crippen MR) is 115 cm³/mol. The Labute approximate surface area is 178 Å². The highest BCUT2D eigenvalue weighted by Gasteiger charge is 2.29. The van der Waals surface area contributed by atoms with E-state index in [-0.39, 0.29) is 17.9 Å². The zero-order chi connectivity index (χ0) is 23.2. The Morgan fingerprint density at radius 3 is 2.80 bits per heavy atom. The highest BCUT2D eigenvalue weighted by molar-refractivity contribution is 5.99. The van der Waals surface area contributed by atoms with Crippen molar-refractivity contribution < 1.29 is 14.0 Å². The van der Waals surface area contributed by atoms with Crippen LogP contribution in [0.25, 0.3) is 33.2 Å². The van der Waals surface area contributed by atoms with E-state index in [0.29, 0.717) is 29.4 Å². The molecule has 0 atom stereocenters. The smallest absolute Gasteiger partial charge is 0.228 e. The molecule has 5 rings (SSSR count). The summed E-state index contributed by atoms with van der Waals surface area (Å²) in [5, 5.41) is 13.9. The van der Waals surface area contributed by atoms with Gasteiger partial charge in [-0.3, -0.25) is 9.97 Å². The largest absolute Gasteiger partial charge is 0.480 e. The maximum Gasteiger partial charge on any atom is 0.228 e. The van der Waals surface area contributed by atoms with E-state index in [2.05, 4.69) is 30.2 Å². The Balaban J connectivity index is 1.55. The molecular weight excluding hydrogens is 380 g/mol. The highest BCUT2D eigenvalue weighted by atomic mass is 16.5. The molecule has 3 aromatic heterocycles. The number of anilines is 1. The standard InChI is InChI=1S/C22H24N6O2/c1-22(29)7-5-14(6-8-22)26-21-27-19-18(20(28-21)30-2)15(12-25-19)13-3-4-16-17(11-13)24-10-9-23-16/h3-4,9-12,14,29H,5-8H2,1-2H3,(H2,25,26,27,28)/i2D3. The molecule has 3 N–H and O–H groups in total. The SMILES string of the molecule is [2H]C([2H])([2H])Oc1nc(NC2CCC(C)(O)CC2)nc2[nH]cc(-c3ccc4nccnc4c3)c12. The molecule has 0 radical (unpaired) electrons. The van der Waals surface area contributed by atoms with Crippen LogP contribution >= 0.6 is 0 Å². The minimum absolute atomic E-state index is 0.0270. The van der Waals surface area contributed by atoms with Crippen LogP contribution in [0.2, 0.25) is 0 Å². The number of hydrogen-bond acceptors (Lipinski definition) is 7. The number of aliphatic hydroxyl groups is 1. The topological polar surface area (TPSA) is 109 Å². The number of nitrogens with zero attached hydrogens (tertiary/aromatic N) is 4. The van der Waals surface area contributed by atoms with Gasteiger partial charge in [0.15, 0.2) is 0 Å². The van der Waals surface area contributed by atoms with Gasteiger partial charge in [-0.1, -0.05) is 6.07 Å². The van der Waals surface area contributed by atoms with Crippen LogP contribution in [0.5, 0.6) is 5.88 Å². The number of fused-ring (bicyclic) bond motifs is 2. The number of hydrogen-bond donors (Lipinski definition) is 3. The third-order valence-corrected chi connectivity index (χ3v) is 5.77. The molecule has 0 bridgehead atoms. The molecule has 1 fully saturated rings. The Bertz CT molecular complexity index is 1310. The maximum atomic E-state index is 10.2. The van der Waals surface area contributed by atoms with E-state index in [1.54, 1.807) is 18.6 Å². The molecule has 0 aliphatic heterocycles. The van der Waals surface area contributed by atoms with Crippen molar-refractivity contribution in [1.29, 1.82) is 0 Å². The fourth-order valence-electron chi connectivity index (χ4n) is 4.06. The summed E-state index contributed by atoms with van der Waals surface area (Å²) >= 11 is 0. The summed E-state index contributed by atoms with van der Waals surface area (Å²) in [5.41, 5.74) is 2.80. The number of ether oxygens (including phenoxy) is 1. The second kappa shape index (κ2) is 7.21. The lowest BCUT2D eigenvalue weighted by atomic mass is 9.84. The minimum atomic E-state index is -2.68. The average Bonchev–Trinajstić information content (AvgIpc) is 3.18. The molecule has 30 heavy (non-hydrogen) atoms. The first-order valence-electron chi connectivity index (χ1n) is 11.5. The van der Waals surface area contributed by atoms with Gasteiger partial charge >= 0.3 is 0 Å². The lowest BCUT2D eigenvalue weighted by Crippen LogP contribution is -2.36. The molecule has 1 aromatic carbocycles. The number of aromatic nitrogens is 5. The third kappa shape index (κ3) is 3.43. The summed E-state index contributed by atoms with van der Waals surface area (Å²) in [5.74, 6) is 0.256. The second-order valence-corrected chi connectivity index (χ2v) is 8.06. The first-order valence-corrected chi connectivity index (χ1v) is 9.95. The van der Waals surface area contributed by atoms with Crippen LogP contribution in [0.15, 0.2) is 36.8 Å². The highest BCUT2D eigenvalue weighted by Crippen LogP contribution is 2.36. The molecule has 8 heteroatoms. The molecular formula is C22H24N6O2. The number of H-pyrrole nitrogens is 1. The van der Waals surface area contributed by atoms with Crippen molar-refractivity contribution in [2.75, 3.05) is 12.4 Å². The minimum Gasteiger partial charge on any atom is -0.480 e. The van der Waals surface area contributed by atoms with E-state index in [0.717, 1.165) is 29.4 Å². The van der Waals surface area contributed by atoms with Gasteiger partial charge < -0.3 is 20.1 Å². The number of nitrogens with one attached hydrogen (secondary N) is 2. The van der Waals surface area contributed by atoms with Crippen LogP contribution in [0.3, 0.4) is 0 Å². The second-order valence-electron chi connectivity index (χ2n) is 8.06. The summed E-state index contributed by atoms with van der Waals surface area (Å²) in [4.78, 5) is 20.8. The maximum absolute atomic E-state index is 10.2. The first-order chi connectivity index (χ1) is 15.7. The molecule has 0 amide bonds. The first kappa shape index (κ1) is 15.6. The number of benzene rings is 1. The van der Waals surface area contributed by atoms with Crippen molar-refractivity contribution in [3.05, 3.63) is 36.8 Å². The van der Waals surface area contributed by atoms with E-state index in [1.165, 1.54) is 0 Å². The van der Waals surface area contributed by atoms with Crippen LogP contribution in [-0.4, -0.2) is 48.7 Å². The molecule has 1 aliphatic carbocycles. The fraction of sp³-hybridized carbons (Fsp3) is 0.364. The van der Waals surface area contributed by atoms with E-state index in [4.69, 9.17) is 8.85 Å². The Morgan fingerprint density at radius 1 is 1.20 bits per heavy atom. The summed E-state index contributed by atoms with van der Waals surface area (Å²) in [6.07, 6.45) is 7.87. The van der Waals surface area contributed by atoms with Crippen LogP contribution < -0.4 is 10.1 Å². The van der Waals surface area contributed by atoms with Crippen LogP contribution in [0, 0.1) is 0 Å². The molecule has 3 heterocycles.